The van der Waals surface area contributed by atoms with Crippen LogP contribution >= 0.6 is 0 Å². The predicted octanol–water partition coefficient (Wildman–Crippen LogP) is 1.22. The molecule has 0 radical (unpaired) electrons. The minimum absolute atomic E-state index is 0.812. The molecular formula is C10H19NO. The first-order valence-corrected chi connectivity index (χ1v) is 5.07. The number of fused-ring (bicyclic) bond motifs is 2. The fourth-order valence-electron chi connectivity index (χ4n) is 2.92. The second kappa shape index (κ2) is 3.35. The fraction of sp³-hybridized carbons (Fsp3) is 1.00. The molecule has 0 spiro atoms. The molecule has 2 aliphatic heterocycles. The summed E-state index contributed by atoms with van der Waals surface area (Å²) in [7, 11) is 2.23. The van der Waals surface area contributed by atoms with E-state index in [0.29, 0.717) is 0 Å². The van der Waals surface area contributed by atoms with Crippen molar-refractivity contribution in [1.29, 1.82) is 0 Å². The molecule has 2 heteroatoms. The van der Waals surface area contributed by atoms with Gasteiger partial charge in [-0.15, -0.1) is 0 Å². The summed E-state index contributed by atoms with van der Waals surface area (Å²) in [6.45, 7) is 6.81. The summed E-state index contributed by atoms with van der Waals surface area (Å²) in [6.07, 6.45) is 1.34. The lowest BCUT2D eigenvalue weighted by Crippen LogP contribution is -2.50. The maximum absolute atomic E-state index is 5.59. The normalized spacial score (nSPS) is 43.0. The van der Waals surface area contributed by atoms with Crippen LogP contribution in [0.2, 0.25) is 0 Å². The van der Waals surface area contributed by atoms with Crippen molar-refractivity contribution in [2.45, 2.75) is 13.3 Å². The van der Waals surface area contributed by atoms with Crippen LogP contribution in [0.25, 0.3) is 0 Å². The van der Waals surface area contributed by atoms with Crippen molar-refractivity contribution in [2.75, 3.05) is 33.4 Å². The van der Waals surface area contributed by atoms with Gasteiger partial charge in [-0.25, -0.2) is 0 Å². The van der Waals surface area contributed by atoms with Crippen molar-refractivity contribution < 1.29 is 4.74 Å². The van der Waals surface area contributed by atoms with Gasteiger partial charge in [-0.05, 0) is 24.8 Å². The van der Waals surface area contributed by atoms with Crippen molar-refractivity contribution in [3.05, 3.63) is 0 Å². The van der Waals surface area contributed by atoms with Gasteiger partial charge < -0.3 is 9.64 Å². The third kappa shape index (κ3) is 1.38. The van der Waals surface area contributed by atoms with E-state index < -0.39 is 0 Å². The summed E-state index contributed by atoms with van der Waals surface area (Å²) in [6, 6.07) is 0. The maximum Gasteiger partial charge on any atom is 0.0509 e. The van der Waals surface area contributed by atoms with E-state index >= 15 is 0 Å². The first-order valence-electron chi connectivity index (χ1n) is 5.07. The highest BCUT2D eigenvalue weighted by molar-refractivity contribution is 4.87. The highest BCUT2D eigenvalue weighted by Crippen LogP contribution is 2.34. The van der Waals surface area contributed by atoms with Crippen LogP contribution in [0.4, 0.5) is 0 Å². The van der Waals surface area contributed by atoms with Crippen LogP contribution in [0.15, 0.2) is 0 Å². The first-order chi connectivity index (χ1) is 5.81. The third-order valence-corrected chi connectivity index (χ3v) is 3.44. The monoisotopic (exact) mass is 169 g/mol. The molecule has 70 valence electrons. The lowest BCUT2D eigenvalue weighted by atomic mass is 9.75. The molecule has 2 rings (SSSR count). The smallest absolute Gasteiger partial charge is 0.0509 e. The Morgan fingerprint density at radius 1 is 1.25 bits per heavy atom. The topological polar surface area (TPSA) is 12.5 Å². The molecule has 2 nitrogen and oxygen atoms in total. The minimum atomic E-state index is 0.812. The first kappa shape index (κ1) is 8.52. The Hall–Kier alpha value is -0.0800. The zero-order valence-electron chi connectivity index (χ0n) is 8.12. The lowest BCUT2D eigenvalue weighted by Gasteiger charge is -2.45. The Kier molecular flexibility index (Phi) is 2.37. The Morgan fingerprint density at radius 2 is 1.83 bits per heavy atom. The number of hydrogen-bond donors (Lipinski definition) is 0. The molecule has 0 amide bonds. The molecule has 2 atom stereocenters. The summed E-state index contributed by atoms with van der Waals surface area (Å²) >= 11 is 0. The van der Waals surface area contributed by atoms with E-state index in [-0.39, 0.29) is 0 Å². The van der Waals surface area contributed by atoms with Crippen LogP contribution < -0.4 is 0 Å². The van der Waals surface area contributed by atoms with Gasteiger partial charge in [0, 0.05) is 13.1 Å². The molecule has 2 heterocycles. The van der Waals surface area contributed by atoms with E-state index in [1.165, 1.54) is 19.5 Å². The standard InChI is InChI=1S/C10H19NO/c1-3-10-8-4-11(2)5-9(10)7-12-6-8/h8-10H,3-7H2,1-2H3. The van der Waals surface area contributed by atoms with Crippen LogP contribution in [0.3, 0.4) is 0 Å². The Morgan fingerprint density at radius 3 is 2.33 bits per heavy atom. The molecular weight excluding hydrogens is 150 g/mol. The van der Waals surface area contributed by atoms with Gasteiger partial charge in [-0.3, -0.25) is 0 Å². The number of rotatable bonds is 1. The van der Waals surface area contributed by atoms with Crippen molar-refractivity contribution in [1.82, 2.24) is 4.90 Å². The fourth-order valence-corrected chi connectivity index (χ4v) is 2.92. The summed E-state index contributed by atoms with van der Waals surface area (Å²) in [4.78, 5) is 2.46. The maximum atomic E-state index is 5.59. The van der Waals surface area contributed by atoms with Crippen LogP contribution in [0, 0.1) is 17.8 Å². The lowest BCUT2D eigenvalue weighted by molar-refractivity contribution is -0.0782. The molecule has 0 aromatic heterocycles. The van der Waals surface area contributed by atoms with Gasteiger partial charge in [-0.2, -0.15) is 0 Å². The second-order valence-corrected chi connectivity index (χ2v) is 4.35. The zero-order valence-corrected chi connectivity index (χ0v) is 8.12. The predicted molar refractivity (Wildman–Crippen MR) is 49.1 cm³/mol. The Balaban J connectivity index is 2.06. The second-order valence-electron chi connectivity index (χ2n) is 4.35. The van der Waals surface area contributed by atoms with Crippen LogP contribution in [-0.4, -0.2) is 38.3 Å². The molecule has 2 aliphatic rings. The van der Waals surface area contributed by atoms with E-state index in [9.17, 15) is 0 Å². The van der Waals surface area contributed by atoms with Crippen molar-refractivity contribution >= 4 is 0 Å². The largest absolute Gasteiger partial charge is 0.381 e. The molecule has 2 fully saturated rings. The molecule has 0 aromatic rings. The highest BCUT2D eigenvalue weighted by atomic mass is 16.5. The van der Waals surface area contributed by atoms with E-state index in [4.69, 9.17) is 4.74 Å². The summed E-state index contributed by atoms with van der Waals surface area (Å²) in [5.41, 5.74) is 0. The molecule has 2 bridgehead atoms. The van der Waals surface area contributed by atoms with Gasteiger partial charge >= 0.3 is 0 Å². The van der Waals surface area contributed by atoms with Crippen molar-refractivity contribution in [2.24, 2.45) is 17.8 Å². The molecule has 0 saturated carbocycles. The number of hydrogen-bond acceptors (Lipinski definition) is 2. The summed E-state index contributed by atoms with van der Waals surface area (Å²) in [5, 5.41) is 0. The molecule has 2 unspecified atom stereocenters. The minimum Gasteiger partial charge on any atom is -0.381 e. The quantitative estimate of drug-likeness (QED) is 0.585. The average Bonchev–Trinajstić information content (AvgIpc) is 2.02. The molecule has 0 N–H and O–H groups in total. The summed E-state index contributed by atoms with van der Waals surface area (Å²) in [5.74, 6) is 2.56. The van der Waals surface area contributed by atoms with Gasteiger partial charge in [0.15, 0.2) is 0 Å². The SMILES string of the molecule is CCC1C2COCC1CN(C)C2. The molecule has 2 saturated heterocycles. The number of ether oxygens (including phenoxy) is 1. The highest BCUT2D eigenvalue weighted by Gasteiger charge is 2.37. The Labute approximate surface area is 74.9 Å². The molecule has 0 aliphatic carbocycles. The van der Waals surface area contributed by atoms with Crippen molar-refractivity contribution in [3.63, 3.8) is 0 Å². The van der Waals surface area contributed by atoms with Crippen LogP contribution in [0.1, 0.15) is 13.3 Å². The Bertz CT molecular complexity index is 146. The number of likely N-dealkylation sites (tertiary alicyclic amines) is 1. The van der Waals surface area contributed by atoms with Gasteiger partial charge in [0.25, 0.3) is 0 Å². The van der Waals surface area contributed by atoms with E-state index in [1.807, 2.05) is 0 Å². The van der Waals surface area contributed by atoms with Gasteiger partial charge in [0.1, 0.15) is 0 Å². The number of piperidine rings is 1. The van der Waals surface area contributed by atoms with E-state index in [1.54, 1.807) is 0 Å². The average molecular weight is 169 g/mol. The molecule has 12 heavy (non-hydrogen) atoms. The van der Waals surface area contributed by atoms with Gasteiger partial charge in [0.05, 0.1) is 13.2 Å². The van der Waals surface area contributed by atoms with Crippen molar-refractivity contribution in [3.8, 4) is 0 Å². The van der Waals surface area contributed by atoms with E-state index in [0.717, 1.165) is 31.0 Å². The molecule has 0 aromatic carbocycles. The van der Waals surface area contributed by atoms with Crippen LogP contribution in [-0.2, 0) is 4.74 Å². The number of nitrogens with zero attached hydrogens (tertiary/aromatic N) is 1. The van der Waals surface area contributed by atoms with Crippen LogP contribution in [0.5, 0.6) is 0 Å². The van der Waals surface area contributed by atoms with E-state index in [2.05, 4.69) is 18.9 Å². The van der Waals surface area contributed by atoms with Gasteiger partial charge in [-0.1, -0.05) is 13.3 Å². The summed E-state index contributed by atoms with van der Waals surface area (Å²) < 4.78 is 5.59. The van der Waals surface area contributed by atoms with Gasteiger partial charge in [0.2, 0.25) is 0 Å². The zero-order chi connectivity index (χ0) is 8.55. The third-order valence-electron chi connectivity index (χ3n) is 3.44.